The monoisotopic (exact) mass is 341 g/mol. The summed E-state index contributed by atoms with van der Waals surface area (Å²) in [6.07, 6.45) is 0.540. The lowest BCUT2D eigenvalue weighted by Gasteiger charge is -2.16. The van der Waals surface area contributed by atoms with E-state index in [0.717, 1.165) is 5.56 Å². The number of hydrogen-bond donors (Lipinski definition) is 1. The molecule has 1 unspecified atom stereocenters. The second kappa shape index (κ2) is 7.27. The molecular formula is C18H16ClN3O2. The zero-order valence-electron chi connectivity index (χ0n) is 13.1. The third-order valence-electron chi connectivity index (χ3n) is 3.55. The normalized spacial score (nSPS) is 11.9. The molecule has 1 N–H and O–H groups in total. The van der Waals surface area contributed by atoms with Crippen LogP contribution in [-0.2, 0) is 6.42 Å². The van der Waals surface area contributed by atoms with E-state index in [1.54, 1.807) is 31.2 Å². The maximum Gasteiger partial charge on any atom is 0.253 e. The van der Waals surface area contributed by atoms with Crippen molar-refractivity contribution < 1.29 is 9.21 Å². The fourth-order valence-corrected chi connectivity index (χ4v) is 2.61. The second-order valence-electron chi connectivity index (χ2n) is 5.35. The Hall–Kier alpha value is -2.66. The van der Waals surface area contributed by atoms with Crippen molar-refractivity contribution in [3.8, 4) is 0 Å². The van der Waals surface area contributed by atoms with Gasteiger partial charge >= 0.3 is 0 Å². The minimum atomic E-state index is -0.433. The van der Waals surface area contributed by atoms with Crippen LogP contribution >= 0.6 is 11.6 Å². The molecule has 0 aliphatic rings. The number of nitrogens with one attached hydrogen (secondary N) is 1. The first-order valence-corrected chi connectivity index (χ1v) is 7.90. The molecule has 2 aromatic carbocycles. The summed E-state index contributed by atoms with van der Waals surface area (Å²) in [5.74, 6) is 0.546. The molecule has 24 heavy (non-hydrogen) atoms. The van der Waals surface area contributed by atoms with E-state index >= 15 is 0 Å². The number of amides is 1. The summed E-state index contributed by atoms with van der Waals surface area (Å²) in [5.41, 5.74) is 1.46. The highest BCUT2D eigenvalue weighted by atomic mass is 35.5. The summed E-state index contributed by atoms with van der Waals surface area (Å²) in [7, 11) is 0. The summed E-state index contributed by atoms with van der Waals surface area (Å²) in [6, 6.07) is 16.3. The first-order valence-electron chi connectivity index (χ1n) is 7.53. The number of benzene rings is 2. The maximum absolute atomic E-state index is 12.6. The first-order chi connectivity index (χ1) is 11.6. The van der Waals surface area contributed by atoms with Crippen molar-refractivity contribution in [2.75, 3.05) is 0 Å². The molecule has 0 radical (unpaired) electrons. The van der Waals surface area contributed by atoms with Crippen molar-refractivity contribution >= 4 is 17.5 Å². The minimum Gasteiger partial charge on any atom is -0.423 e. The Morgan fingerprint density at radius 3 is 2.50 bits per heavy atom. The molecule has 0 saturated heterocycles. The number of nitrogens with zero attached hydrogens (tertiary/aromatic N) is 2. The Morgan fingerprint density at radius 1 is 1.12 bits per heavy atom. The maximum atomic E-state index is 12.6. The van der Waals surface area contributed by atoms with E-state index in [1.807, 2.05) is 30.3 Å². The van der Waals surface area contributed by atoms with E-state index in [4.69, 9.17) is 16.0 Å². The number of halogens is 1. The van der Waals surface area contributed by atoms with E-state index in [-0.39, 0.29) is 5.91 Å². The molecule has 0 saturated carbocycles. The van der Waals surface area contributed by atoms with Gasteiger partial charge in [0.25, 0.3) is 5.91 Å². The van der Waals surface area contributed by atoms with E-state index in [2.05, 4.69) is 15.5 Å². The minimum absolute atomic E-state index is 0.280. The Morgan fingerprint density at radius 2 is 1.83 bits per heavy atom. The lowest BCUT2D eigenvalue weighted by Crippen LogP contribution is -2.30. The Labute approximate surface area is 144 Å². The Bertz CT molecular complexity index is 833. The van der Waals surface area contributed by atoms with Gasteiger partial charge in [-0.15, -0.1) is 10.2 Å². The molecule has 1 aromatic heterocycles. The summed E-state index contributed by atoms with van der Waals surface area (Å²) in [4.78, 5) is 12.6. The fourth-order valence-electron chi connectivity index (χ4n) is 2.38. The molecule has 3 rings (SSSR count). The van der Waals surface area contributed by atoms with E-state index < -0.39 is 6.04 Å². The average molecular weight is 342 g/mol. The number of hydrogen-bond acceptors (Lipinski definition) is 4. The zero-order chi connectivity index (χ0) is 16.9. The smallest absolute Gasteiger partial charge is 0.253 e. The molecule has 1 amide bonds. The van der Waals surface area contributed by atoms with Crippen LogP contribution in [0.2, 0.25) is 5.02 Å². The first kappa shape index (κ1) is 16.2. The van der Waals surface area contributed by atoms with Crippen LogP contribution in [0.3, 0.4) is 0 Å². The highest BCUT2D eigenvalue weighted by Crippen LogP contribution is 2.20. The van der Waals surface area contributed by atoms with Gasteiger partial charge in [0.2, 0.25) is 11.8 Å². The van der Waals surface area contributed by atoms with Crippen LogP contribution < -0.4 is 5.32 Å². The SMILES string of the molecule is Cc1nnc(C(Cc2ccccc2)NC(=O)c2ccccc2Cl)o1. The van der Waals surface area contributed by atoms with Crippen LogP contribution in [0.1, 0.15) is 33.7 Å². The van der Waals surface area contributed by atoms with Gasteiger partial charge in [-0.05, 0) is 17.7 Å². The van der Waals surface area contributed by atoms with Gasteiger partial charge in [0.05, 0.1) is 10.6 Å². The summed E-state index contributed by atoms with van der Waals surface area (Å²) >= 11 is 6.10. The van der Waals surface area contributed by atoms with Gasteiger partial charge in [0, 0.05) is 13.3 Å². The molecule has 1 atom stereocenters. The summed E-state index contributed by atoms with van der Waals surface area (Å²) < 4.78 is 5.51. The highest BCUT2D eigenvalue weighted by Gasteiger charge is 2.22. The molecule has 0 spiro atoms. The average Bonchev–Trinajstić information content (AvgIpc) is 3.02. The molecule has 0 bridgehead atoms. The quantitative estimate of drug-likeness (QED) is 0.767. The molecule has 3 aromatic rings. The van der Waals surface area contributed by atoms with Crippen molar-refractivity contribution in [2.45, 2.75) is 19.4 Å². The van der Waals surface area contributed by atoms with E-state index in [0.29, 0.717) is 28.8 Å². The molecule has 6 heteroatoms. The van der Waals surface area contributed by atoms with Gasteiger partial charge < -0.3 is 9.73 Å². The molecule has 122 valence electrons. The number of rotatable bonds is 5. The van der Waals surface area contributed by atoms with Gasteiger partial charge in [-0.2, -0.15) is 0 Å². The van der Waals surface area contributed by atoms with Gasteiger partial charge in [0.15, 0.2) is 0 Å². The van der Waals surface area contributed by atoms with Crippen LogP contribution in [0.5, 0.6) is 0 Å². The molecular weight excluding hydrogens is 326 g/mol. The topological polar surface area (TPSA) is 68.0 Å². The van der Waals surface area contributed by atoms with Gasteiger partial charge in [0.1, 0.15) is 6.04 Å². The van der Waals surface area contributed by atoms with Gasteiger partial charge in [-0.25, -0.2) is 0 Å². The molecule has 0 fully saturated rings. The van der Waals surface area contributed by atoms with Crippen molar-refractivity contribution in [1.29, 1.82) is 0 Å². The van der Waals surface area contributed by atoms with Crippen LogP contribution in [-0.4, -0.2) is 16.1 Å². The summed E-state index contributed by atoms with van der Waals surface area (Å²) in [5, 5.41) is 11.2. The van der Waals surface area contributed by atoms with Crippen molar-refractivity contribution in [3.05, 3.63) is 82.5 Å². The molecule has 1 heterocycles. The second-order valence-corrected chi connectivity index (χ2v) is 5.76. The lowest BCUT2D eigenvalue weighted by molar-refractivity contribution is 0.0930. The van der Waals surface area contributed by atoms with Crippen LogP contribution in [0.4, 0.5) is 0 Å². The highest BCUT2D eigenvalue weighted by molar-refractivity contribution is 6.33. The van der Waals surface area contributed by atoms with Crippen LogP contribution in [0.25, 0.3) is 0 Å². The van der Waals surface area contributed by atoms with Crippen molar-refractivity contribution in [3.63, 3.8) is 0 Å². The van der Waals surface area contributed by atoms with Gasteiger partial charge in [-0.3, -0.25) is 4.79 Å². The third kappa shape index (κ3) is 3.81. The van der Waals surface area contributed by atoms with Crippen molar-refractivity contribution in [1.82, 2.24) is 15.5 Å². The van der Waals surface area contributed by atoms with Crippen LogP contribution in [0, 0.1) is 6.92 Å². The zero-order valence-corrected chi connectivity index (χ0v) is 13.8. The fraction of sp³-hybridized carbons (Fsp3) is 0.167. The predicted octanol–water partition coefficient (Wildman–Crippen LogP) is 3.75. The largest absolute Gasteiger partial charge is 0.423 e. The number of aryl methyl sites for hydroxylation is 1. The summed E-state index contributed by atoms with van der Waals surface area (Å²) in [6.45, 7) is 1.71. The molecule has 5 nitrogen and oxygen atoms in total. The van der Waals surface area contributed by atoms with E-state index in [1.165, 1.54) is 0 Å². The van der Waals surface area contributed by atoms with Crippen molar-refractivity contribution in [2.24, 2.45) is 0 Å². The molecule has 0 aliphatic heterocycles. The Kier molecular flexibility index (Phi) is 4.91. The number of aromatic nitrogens is 2. The Balaban J connectivity index is 1.85. The predicted molar refractivity (Wildman–Crippen MR) is 90.8 cm³/mol. The van der Waals surface area contributed by atoms with Crippen LogP contribution in [0.15, 0.2) is 59.0 Å². The lowest BCUT2D eigenvalue weighted by atomic mass is 10.1. The standard InChI is InChI=1S/C18H16ClN3O2/c1-12-21-22-18(24-12)16(11-13-7-3-2-4-8-13)20-17(23)14-9-5-6-10-15(14)19/h2-10,16H,11H2,1H3,(H,20,23). The number of carbonyl (C=O) groups is 1. The van der Waals surface area contributed by atoms with Gasteiger partial charge in [-0.1, -0.05) is 54.1 Å². The third-order valence-corrected chi connectivity index (χ3v) is 3.88. The van der Waals surface area contributed by atoms with E-state index in [9.17, 15) is 4.79 Å². The number of carbonyl (C=O) groups excluding carboxylic acids is 1. The molecule has 0 aliphatic carbocycles.